The number of amides is 2. The van der Waals surface area contributed by atoms with Gasteiger partial charge in [0.2, 0.25) is 5.91 Å². The molecule has 1 spiro atoms. The zero-order valence-corrected chi connectivity index (χ0v) is 18.3. The van der Waals surface area contributed by atoms with Crippen LogP contribution in [-0.4, -0.2) is 63.4 Å². The molecule has 3 heterocycles. The number of nitrogens with one attached hydrogen (secondary N) is 1. The van der Waals surface area contributed by atoms with Crippen molar-refractivity contribution in [3.63, 3.8) is 0 Å². The Morgan fingerprint density at radius 2 is 2.00 bits per heavy atom. The van der Waals surface area contributed by atoms with Crippen LogP contribution in [0.3, 0.4) is 0 Å². The van der Waals surface area contributed by atoms with Gasteiger partial charge in [-0.3, -0.25) is 14.6 Å². The number of hydrogen-bond donors (Lipinski definition) is 1. The van der Waals surface area contributed by atoms with E-state index in [1.165, 1.54) is 0 Å². The van der Waals surface area contributed by atoms with E-state index in [0.29, 0.717) is 25.5 Å². The molecule has 0 saturated carbocycles. The van der Waals surface area contributed by atoms with Gasteiger partial charge in [0.05, 0.1) is 19.3 Å². The van der Waals surface area contributed by atoms with Gasteiger partial charge in [-0.2, -0.15) is 5.10 Å². The van der Waals surface area contributed by atoms with Gasteiger partial charge in [-0.1, -0.05) is 30.3 Å². The minimum atomic E-state index is -0.451. The smallest absolute Gasteiger partial charge is 0.410 e. The highest BCUT2D eigenvalue weighted by molar-refractivity contribution is 5.91. The summed E-state index contributed by atoms with van der Waals surface area (Å²) in [6.07, 6.45) is 3.91. The first-order valence-corrected chi connectivity index (χ1v) is 11.0. The number of nitrogens with zero attached hydrogens (tertiary/aromatic N) is 4. The van der Waals surface area contributed by atoms with Gasteiger partial charge in [0.15, 0.2) is 0 Å². The van der Waals surface area contributed by atoms with E-state index in [0.717, 1.165) is 37.9 Å². The van der Waals surface area contributed by atoms with Crippen molar-refractivity contribution < 1.29 is 14.3 Å². The first-order chi connectivity index (χ1) is 14.9. The summed E-state index contributed by atoms with van der Waals surface area (Å²) < 4.78 is 7.68. The third-order valence-corrected chi connectivity index (χ3v) is 6.04. The van der Waals surface area contributed by atoms with Crippen molar-refractivity contribution in [2.24, 2.45) is 0 Å². The standard InChI is InChI=1S/C23H31N5O3/c1-18(2)28-20(9-12-24-28)25-21(29)16-26-13-6-10-23(11-14-26)17-27(22(30)31-23)15-19-7-4-3-5-8-19/h3-5,7-9,12,18H,6,10-11,13-17H2,1-2H3,(H,25,29). The Labute approximate surface area is 183 Å². The summed E-state index contributed by atoms with van der Waals surface area (Å²) in [4.78, 5) is 29.0. The Bertz CT molecular complexity index is 913. The Morgan fingerprint density at radius 3 is 2.77 bits per heavy atom. The average Bonchev–Trinajstić information content (AvgIpc) is 3.25. The summed E-state index contributed by atoms with van der Waals surface area (Å²) in [5, 5.41) is 7.23. The fourth-order valence-electron chi connectivity index (χ4n) is 4.47. The van der Waals surface area contributed by atoms with Crippen molar-refractivity contribution in [1.29, 1.82) is 0 Å². The largest absolute Gasteiger partial charge is 0.441 e. The van der Waals surface area contributed by atoms with E-state index in [1.54, 1.807) is 15.8 Å². The lowest BCUT2D eigenvalue weighted by atomic mass is 9.95. The molecule has 2 amide bonds. The zero-order valence-electron chi connectivity index (χ0n) is 18.3. The quantitative estimate of drug-likeness (QED) is 0.768. The molecule has 4 rings (SSSR count). The van der Waals surface area contributed by atoms with Gasteiger partial charge in [0, 0.05) is 31.6 Å². The fourth-order valence-corrected chi connectivity index (χ4v) is 4.47. The lowest BCUT2D eigenvalue weighted by Gasteiger charge is -2.25. The topological polar surface area (TPSA) is 79.7 Å². The first kappa shape index (κ1) is 21.4. The van der Waals surface area contributed by atoms with Gasteiger partial charge in [-0.15, -0.1) is 0 Å². The van der Waals surface area contributed by atoms with E-state index in [4.69, 9.17) is 4.74 Å². The molecule has 0 aliphatic carbocycles. The van der Waals surface area contributed by atoms with Crippen molar-refractivity contribution in [2.45, 2.75) is 51.3 Å². The van der Waals surface area contributed by atoms with E-state index in [-0.39, 0.29) is 18.0 Å². The van der Waals surface area contributed by atoms with E-state index in [2.05, 4.69) is 15.3 Å². The summed E-state index contributed by atoms with van der Waals surface area (Å²) in [5.74, 6) is 0.667. The number of ether oxygens (including phenoxy) is 1. The van der Waals surface area contributed by atoms with Gasteiger partial charge in [-0.25, -0.2) is 9.48 Å². The van der Waals surface area contributed by atoms with E-state index in [9.17, 15) is 9.59 Å². The molecule has 8 heteroatoms. The van der Waals surface area contributed by atoms with E-state index in [1.807, 2.05) is 50.2 Å². The van der Waals surface area contributed by atoms with Gasteiger partial charge in [-0.05, 0) is 38.8 Å². The maximum absolute atomic E-state index is 12.6. The second-order valence-electron chi connectivity index (χ2n) is 8.83. The van der Waals surface area contributed by atoms with Gasteiger partial charge >= 0.3 is 6.09 Å². The molecule has 2 aromatic rings. The molecule has 0 bridgehead atoms. The van der Waals surface area contributed by atoms with Gasteiger partial charge in [0.1, 0.15) is 11.4 Å². The Balaban J connectivity index is 1.31. The lowest BCUT2D eigenvalue weighted by Crippen LogP contribution is -2.38. The van der Waals surface area contributed by atoms with Crippen LogP contribution in [0.5, 0.6) is 0 Å². The van der Waals surface area contributed by atoms with Crippen LogP contribution in [0.4, 0.5) is 10.6 Å². The molecule has 2 aliphatic heterocycles. The van der Waals surface area contributed by atoms with Crippen LogP contribution in [0.1, 0.15) is 44.7 Å². The zero-order chi connectivity index (χ0) is 21.8. The number of rotatable bonds is 6. The van der Waals surface area contributed by atoms with E-state index < -0.39 is 5.60 Å². The molecular weight excluding hydrogens is 394 g/mol. The molecule has 1 aromatic heterocycles. The monoisotopic (exact) mass is 425 g/mol. The summed E-state index contributed by atoms with van der Waals surface area (Å²) in [6.45, 7) is 7.09. The number of benzene rings is 1. The van der Waals surface area contributed by atoms with Crippen molar-refractivity contribution in [1.82, 2.24) is 19.6 Å². The van der Waals surface area contributed by atoms with Crippen LogP contribution >= 0.6 is 0 Å². The molecule has 2 fully saturated rings. The number of carbonyl (C=O) groups is 2. The molecule has 1 N–H and O–H groups in total. The maximum Gasteiger partial charge on any atom is 0.410 e. The van der Waals surface area contributed by atoms with Crippen LogP contribution in [0.2, 0.25) is 0 Å². The molecule has 31 heavy (non-hydrogen) atoms. The highest BCUT2D eigenvalue weighted by Gasteiger charge is 2.45. The molecule has 0 radical (unpaired) electrons. The summed E-state index contributed by atoms with van der Waals surface area (Å²) in [7, 11) is 0. The van der Waals surface area contributed by atoms with Crippen LogP contribution in [0.15, 0.2) is 42.6 Å². The van der Waals surface area contributed by atoms with Crippen molar-refractivity contribution >= 4 is 17.8 Å². The minimum absolute atomic E-state index is 0.0486. The molecule has 2 aliphatic rings. The average molecular weight is 426 g/mol. The SMILES string of the molecule is CC(C)n1nccc1NC(=O)CN1CCCC2(CC1)CN(Cc1ccccc1)C(=O)O2. The lowest BCUT2D eigenvalue weighted by molar-refractivity contribution is -0.117. The highest BCUT2D eigenvalue weighted by atomic mass is 16.6. The third-order valence-electron chi connectivity index (χ3n) is 6.04. The maximum atomic E-state index is 12.6. The van der Waals surface area contributed by atoms with Crippen LogP contribution in [0, 0.1) is 0 Å². The normalized spacial score (nSPS) is 22.0. The van der Waals surface area contributed by atoms with Gasteiger partial charge in [0.25, 0.3) is 0 Å². The van der Waals surface area contributed by atoms with Crippen LogP contribution in [-0.2, 0) is 16.1 Å². The van der Waals surface area contributed by atoms with E-state index >= 15 is 0 Å². The first-order valence-electron chi connectivity index (χ1n) is 11.0. The Kier molecular flexibility index (Phi) is 6.27. The molecular formula is C23H31N5O3. The van der Waals surface area contributed by atoms with Crippen molar-refractivity contribution in [3.05, 3.63) is 48.2 Å². The van der Waals surface area contributed by atoms with Crippen molar-refractivity contribution in [3.8, 4) is 0 Å². The second kappa shape index (κ2) is 9.09. The molecule has 2 saturated heterocycles. The predicted octanol–water partition coefficient (Wildman–Crippen LogP) is 3.28. The minimum Gasteiger partial charge on any atom is -0.441 e. The van der Waals surface area contributed by atoms with Gasteiger partial charge < -0.3 is 10.1 Å². The number of hydrogen-bond acceptors (Lipinski definition) is 5. The molecule has 166 valence electrons. The number of aromatic nitrogens is 2. The van der Waals surface area contributed by atoms with Crippen LogP contribution < -0.4 is 5.32 Å². The number of carbonyl (C=O) groups excluding carboxylic acids is 2. The molecule has 1 atom stereocenters. The third kappa shape index (κ3) is 5.07. The summed E-state index contributed by atoms with van der Waals surface area (Å²) in [6, 6.07) is 12.0. The number of anilines is 1. The molecule has 1 unspecified atom stereocenters. The fraction of sp³-hybridized carbons (Fsp3) is 0.522. The molecule has 1 aromatic carbocycles. The Morgan fingerprint density at radius 1 is 1.19 bits per heavy atom. The highest BCUT2D eigenvalue weighted by Crippen LogP contribution is 2.34. The second-order valence-corrected chi connectivity index (χ2v) is 8.83. The predicted molar refractivity (Wildman–Crippen MR) is 118 cm³/mol. The van der Waals surface area contributed by atoms with Crippen molar-refractivity contribution in [2.75, 3.05) is 31.5 Å². The molecule has 8 nitrogen and oxygen atoms in total. The van der Waals surface area contributed by atoms with Crippen LogP contribution in [0.25, 0.3) is 0 Å². The summed E-state index contributed by atoms with van der Waals surface area (Å²) in [5.41, 5.74) is 0.650. The number of likely N-dealkylation sites (tertiary alicyclic amines) is 1. The Hall–Kier alpha value is -2.87. The summed E-state index contributed by atoms with van der Waals surface area (Å²) >= 11 is 0.